The van der Waals surface area contributed by atoms with Crippen LogP contribution in [0.4, 0.5) is 0 Å². The fourth-order valence-electron chi connectivity index (χ4n) is 2.88. The van der Waals surface area contributed by atoms with Crippen LogP contribution in [0.2, 0.25) is 0 Å². The molecule has 1 fully saturated rings. The van der Waals surface area contributed by atoms with Crippen molar-refractivity contribution in [2.45, 2.75) is 25.4 Å². The van der Waals surface area contributed by atoms with Crippen LogP contribution in [0.15, 0.2) is 28.7 Å². The lowest BCUT2D eigenvalue weighted by atomic mass is 10.2. The Morgan fingerprint density at radius 3 is 2.72 bits per heavy atom. The molecule has 0 saturated heterocycles. The monoisotopic (exact) mass is 304 g/mol. The number of halogens is 1. The minimum absolute atomic E-state index is 0.187. The van der Waals surface area contributed by atoms with E-state index in [1.165, 1.54) is 12.8 Å². The third-order valence-corrected chi connectivity index (χ3v) is 4.73. The Balaban J connectivity index is 1.94. The van der Waals surface area contributed by atoms with Gasteiger partial charge in [0.25, 0.3) is 5.91 Å². The highest BCUT2D eigenvalue weighted by Crippen LogP contribution is 2.37. The predicted octanol–water partition coefficient (Wildman–Crippen LogP) is 3.02. The fourth-order valence-corrected chi connectivity index (χ4v) is 3.60. The topological polar surface area (TPSA) is 25.2 Å². The van der Waals surface area contributed by atoms with E-state index >= 15 is 0 Å². The average Bonchev–Trinajstić information content (AvgIpc) is 3.18. The van der Waals surface area contributed by atoms with E-state index in [9.17, 15) is 4.79 Å². The van der Waals surface area contributed by atoms with Crippen molar-refractivity contribution in [2.75, 3.05) is 6.54 Å². The molecule has 1 aliphatic heterocycles. The zero-order chi connectivity index (χ0) is 12.3. The summed E-state index contributed by atoms with van der Waals surface area (Å²) < 4.78 is 3.11. The molecule has 0 spiro atoms. The molecule has 1 aromatic carbocycles. The Labute approximate surface area is 113 Å². The van der Waals surface area contributed by atoms with E-state index in [4.69, 9.17) is 0 Å². The Kier molecular flexibility index (Phi) is 2.13. The molecular weight excluding hydrogens is 292 g/mol. The maximum atomic E-state index is 12.6. The van der Waals surface area contributed by atoms with Crippen molar-refractivity contribution in [2.24, 2.45) is 0 Å². The number of carbonyl (C=O) groups excluding carboxylic acids is 1. The first kappa shape index (κ1) is 10.6. The molecule has 0 N–H and O–H groups in total. The smallest absolute Gasteiger partial charge is 0.272 e. The minimum Gasteiger partial charge on any atom is -0.334 e. The summed E-state index contributed by atoms with van der Waals surface area (Å²) in [5.74, 6) is 0.187. The molecule has 0 bridgehead atoms. The summed E-state index contributed by atoms with van der Waals surface area (Å²) >= 11 is 3.61. The standard InChI is InChI=1S/C14H13BrN2O/c15-12-10-3-1-2-4-11(10)17-8-7-16(9-5-6-9)14(18)13(12)17/h1-4,9H,5-8H2. The van der Waals surface area contributed by atoms with Gasteiger partial charge in [0.05, 0.1) is 4.47 Å². The van der Waals surface area contributed by atoms with Crippen LogP contribution in [0.5, 0.6) is 0 Å². The quantitative estimate of drug-likeness (QED) is 0.795. The van der Waals surface area contributed by atoms with Crippen molar-refractivity contribution < 1.29 is 4.79 Å². The van der Waals surface area contributed by atoms with Gasteiger partial charge in [-0.25, -0.2) is 0 Å². The molecule has 3 nitrogen and oxygen atoms in total. The van der Waals surface area contributed by atoms with E-state index < -0.39 is 0 Å². The highest BCUT2D eigenvalue weighted by Gasteiger charge is 2.38. The predicted molar refractivity (Wildman–Crippen MR) is 73.7 cm³/mol. The van der Waals surface area contributed by atoms with Gasteiger partial charge in [-0.15, -0.1) is 0 Å². The van der Waals surface area contributed by atoms with E-state index in [0.717, 1.165) is 34.2 Å². The Hall–Kier alpha value is -1.29. The lowest BCUT2D eigenvalue weighted by molar-refractivity contribution is 0.0692. The summed E-state index contributed by atoms with van der Waals surface area (Å²) in [6.45, 7) is 1.76. The summed E-state index contributed by atoms with van der Waals surface area (Å²) in [6, 6.07) is 8.70. The average molecular weight is 305 g/mol. The van der Waals surface area contributed by atoms with Crippen molar-refractivity contribution in [3.05, 3.63) is 34.4 Å². The van der Waals surface area contributed by atoms with Gasteiger partial charge in [-0.3, -0.25) is 4.79 Å². The van der Waals surface area contributed by atoms with Crippen LogP contribution in [0.3, 0.4) is 0 Å². The van der Waals surface area contributed by atoms with Gasteiger partial charge in [-0.2, -0.15) is 0 Å². The van der Waals surface area contributed by atoms with Gasteiger partial charge in [-0.05, 0) is 34.8 Å². The van der Waals surface area contributed by atoms with E-state index in [-0.39, 0.29) is 5.91 Å². The van der Waals surface area contributed by atoms with Crippen LogP contribution in [0, 0.1) is 0 Å². The van der Waals surface area contributed by atoms with Crippen molar-refractivity contribution in [3.8, 4) is 0 Å². The largest absolute Gasteiger partial charge is 0.334 e. The summed E-state index contributed by atoms with van der Waals surface area (Å²) in [7, 11) is 0. The molecule has 0 radical (unpaired) electrons. The van der Waals surface area contributed by atoms with Crippen LogP contribution < -0.4 is 0 Å². The molecule has 2 heterocycles. The Morgan fingerprint density at radius 1 is 1.17 bits per heavy atom. The van der Waals surface area contributed by atoms with Crippen molar-refractivity contribution >= 4 is 32.7 Å². The summed E-state index contributed by atoms with van der Waals surface area (Å²) in [4.78, 5) is 14.6. The maximum Gasteiger partial charge on any atom is 0.272 e. The van der Waals surface area contributed by atoms with E-state index in [0.29, 0.717) is 6.04 Å². The second-order valence-electron chi connectivity index (χ2n) is 5.06. The second-order valence-corrected chi connectivity index (χ2v) is 5.85. The summed E-state index contributed by atoms with van der Waals surface area (Å²) in [5, 5.41) is 1.14. The third kappa shape index (κ3) is 1.32. The normalized spacial score (nSPS) is 19.4. The first-order valence-corrected chi connectivity index (χ1v) is 7.14. The molecule has 92 valence electrons. The highest BCUT2D eigenvalue weighted by atomic mass is 79.9. The van der Waals surface area contributed by atoms with Crippen LogP contribution in [-0.2, 0) is 6.54 Å². The molecule has 0 atom stereocenters. The van der Waals surface area contributed by atoms with Gasteiger partial charge in [0.2, 0.25) is 0 Å². The van der Waals surface area contributed by atoms with Crippen LogP contribution in [0.25, 0.3) is 10.9 Å². The van der Waals surface area contributed by atoms with E-state index in [1.54, 1.807) is 0 Å². The highest BCUT2D eigenvalue weighted by molar-refractivity contribution is 9.10. The number of carbonyl (C=O) groups is 1. The number of hydrogen-bond donors (Lipinski definition) is 0. The van der Waals surface area contributed by atoms with Crippen LogP contribution in [0.1, 0.15) is 23.3 Å². The lowest BCUT2D eigenvalue weighted by Crippen LogP contribution is -2.41. The molecule has 18 heavy (non-hydrogen) atoms. The number of amides is 1. The Bertz CT molecular complexity index is 657. The van der Waals surface area contributed by atoms with Gasteiger partial charge < -0.3 is 9.47 Å². The molecule has 1 aliphatic carbocycles. The maximum absolute atomic E-state index is 12.6. The zero-order valence-corrected chi connectivity index (χ0v) is 11.5. The number of fused-ring (bicyclic) bond motifs is 3. The van der Waals surface area contributed by atoms with E-state index in [1.807, 2.05) is 17.0 Å². The number of para-hydroxylation sites is 1. The van der Waals surface area contributed by atoms with Gasteiger partial charge in [0.1, 0.15) is 5.69 Å². The molecule has 4 rings (SSSR count). The zero-order valence-electron chi connectivity index (χ0n) is 9.90. The van der Waals surface area contributed by atoms with Gasteiger partial charge in [0, 0.05) is 30.0 Å². The van der Waals surface area contributed by atoms with Gasteiger partial charge in [-0.1, -0.05) is 18.2 Å². The molecule has 2 aromatic rings. The number of nitrogens with zero attached hydrogens (tertiary/aromatic N) is 2. The lowest BCUT2D eigenvalue weighted by Gasteiger charge is -2.28. The minimum atomic E-state index is 0.187. The Morgan fingerprint density at radius 2 is 1.94 bits per heavy atom. The molecule has 4 heteroatoms. The van der Waals surface area contributed by atoms with Gasteiger partial charge in [0.15, 0.2) is 0 Å². The molecule has 1 amide bonds. The first-order chi connectivity index (χ1) is 8.77. The molecule has 0 unspecified atom stereocenters. The molecular formula is C14H13BrN2O. The first-order valence-electron chi connectivity index (χ1n) is 6.35. The van der Waals surface area contributed by atoms with Crippen molar-refractivity contribution in [1.29, 1.82) is 0 Å². The summed E-state index contributed by atoms with van der Waals surface area (Å²) in [5.41, 5.74) is 1.98. The van der Waals surface area contributed by atoms with Crippen LogP contribution >= 0.6 is 15.9 Å². The molecule has 1 saturated carbocycles. The molecule has 1 aromatic heterocycles. The number of rotatable bonds is 1. The summed E-state index contributed by atoms with van der Waals surface area (Å²) in [6.07, 6.45) is 2.34. The van der Waals surface area contributed by atoms with Gasteiger partial charge >= 0.3 is 0 Å². The second kappa shape index (κ2) is 3.60. The van der Waals surface area contributed by atoms with Crippen molar-refractivity contribution in [1.82, 2.24) is 9.47 Å². The number of aromatic nitrogens is 1. The number of hydrogen-bond acceptors (Lipinski definition) is 1. The SMILES string of the molecule is O=C1c2c(Br)c3ccccc3n2CCN1C1CC1. The number of benzene rings is 1. The third-order valence-electron chi connectivity index (χ3n) is 3.92. The molecule has 2 aliphatic rings. The van der Waals surface area contributed by atoms with Crippen LogP contribution in [-0.4, -0.2) is 28.0 Å². The van der Waals surface area contributed by atoms with Crippen molar-refractivity contribution in [3.63, 3.8) is 0 Å². The van der Waals surface area contributed by atoms with E-state index in [2.05, 4.69) is 32.6 Å². The fraction of sp³-hybridized carbons (Fsp3) is 0.357.